The summed E-state index contributed by atoms with van der Waals surface area (Å²) in [5, 5.41) is 5.65. The van der Waals surface area contributed by atoms with E-state index < -0.39 is 22.0 Å². The largest absolute Gasteiger partial charge is 0.352 e. The number of hydrogen-bond acceptors (Lipinski definition) is 4. The first-order chi connectivity index (χ1) is 14.7. The second-order valence-corrected chi connectivity index (χ2v) is 9.80. The van der Waals surface area contributed by atoms with Crippen LogP contribution in [-0.4, -0.2) is 32.3 Å². The Kier molecular flexibility index (Phi) is 7.00. The summed E-state index contributed by atoms with van der Waals surface area (Å²) in [6, 6.07) is 10.6. The number of aryl methyl sites for hydroxylation is 2. The van der Waals surface area contributed by atoms with E-state index in [1.165, 1.54) is 24.3 Å². The molecule has 2 amide bonds. The van der Waals surface area contributed by atoms with Gasteiger partial charge in [0.2, 0.25) is 5.91 Å². The minimum Gasteiger partial charge on any atom is -0.352 e. The molecule has 166 valence electrons. The zero-order valence-corrected chi connectivity index (χ0v) is 18.9. The molecule has 1 atom stereocenters. The van der Waals surface area contributed by atoms with Crippen LogP contribution in [0.3, 0.4) is 0 Å². The first-order valence-electron chi connectivity index (χ1n) is 10.5. The van der Waals surface area contributed by atoms with Crippen molar-refractivity contribution in [1.29, 1.82) is 0 Å². The number of sulfonamides is 1. The Labute approximate surface area is 183 Å². The van der Waals surface area contributed by atoms with Crippen molar-refractivity contribution < 1.29 is 18.0 Å². The first-order valence-corrected chi connectivity index (χ1v) is 12.0. The highest BCUT2D eigenvalue weighted by molar-refractivity contribution is 7.92. The second kappa shape index (κ2) is 9.51. The molecule has 2 aromatic carbocycles. The Morgan fingerprint density at radius 3 is 2.23 bits per heavy atom. The standard InChI is InChI=1S/C23H29N3O4S/c1-15-8-13-21(14-16(15)2)31(29,30)26-20-11-9-18(10-12-20)23(28)24-17(3)22(27)25-19-6-4-5-7-19/h8-14,17,19,26H,4-7H2,1-3H3,(H,24,28)(H,25,27)/t17-/m1/s1. The van der Waals surface area contributed by atoms with E-state index in [-0.39, 0.29) is 16.8 Å². The molecule has 0 aromatic heterocycles. The van der Waals surface area contributed by atoms with Gasteiger partial charge in [-0.3, -0.25) is 14.3 Å². The van der Waals surface area contributed by atoms with Crippen LogP contribution in [0.25, 0.3) is 0 Å². The molecule has 8 heteroatoms. The molecule has 1 saturated carbocycles. The van der Waals surface area contributed by atoms with Gasteiger partial charge in [0, 0.05) is 17.3 Å². The van der Waals surface area contributed by atoms with Crippen molar-refractivity contribution in [3.63, 3.8) is 0 Å². The summed E-state index contributed by atoms with van der Waals surface area (Å²) in [4.78, 5) is 24.9. The molecule has 0 saturated heterocycles. The van der Waals surface area contributed by atoms with Crippen molar-refractivity contribution in [1.82, 2.24) is 10.6 Å². The molecule has 0 aliphatic heterocycles. The number of amides is 2. The molecule has 31 heavy (non-hydrogen) atoms. The average molecular weight is 444 g/mol. The number of hydrogen-bond donors (Lipinski definition) is 3. The van der Waals surface area contributed by atoms with Crippen LogP contribution >= 0.6 is 0 Å². The molecule has 2 aromatic rings. The summed E-state index contributed by atoms with van der Waals surface area (Å²) < 4.78 is 27.7. The fraction of sp³-hybridized carbons (Fsp3) is 0.391. The van der Waals surface area contributed by atoms with Crippen LogP contribution in [0.4, 0.5) is 5.69 Å². The Balaban J connectivity index is 1.60. The molecule has 0 radical (unpaired) electrons. The van der Waals surface area contributed by atoms with Gasteiger partial charge in [0.05, 0.1) is 4.90 Å². The number of carbonyl (C=O) groups excluding carboxylic acids is 2. The van der Waals surface area contributed by atoms with Gasteiger partial charge >= 0.3 is 0 Å². The van der Waals surface area contributed by atoms with Gasteiger partial charge in [-0.05, 0) is 81.1 Å². The van der Waals surface area contributed by atoms with Crippen LogP contribution in [0.5, 0.6) is 0 Å². The van der Waals surface area contributed by atoms with E-state index in [2.05, 4.69) is 15.4 Å². The van der Waals surface area contributed by atoms with E-state index in [1.807, 2.05) is 13.8 Å². The number of carbonyl (C=O) groups is 2. The number of benzene rings is 2. The van der Waals surface area contributed by atoms with Crippen molar-refractivity contribution >= 4 is 27.5 Å². The van der Waals surface area contributed by atoms with Gasteiger partial charge < -0.3 is 10.6 Å². The quantitative estimate of drug-likeness (QED) is 0.611. The number of rotatable bonds is 7. The smallest absolute Gasteiger partial charge is 0.261 e. The summed E-state index contributed by atoms with van der Waals surface area (Å²) in [5.74, 6) is -0.587. The molecular formula is C23H29N3O4S. The lowest BCUT2D eigenvalue weighted by molar-refractivity contribution is -0.123. The summed E-state index contributed by atoms with van der Waals surface area (Å²) in [7, 11) is -3.73. The van der Waals surface area contributed by atoms with Gasteiger partial charge in [0.25, 0.3) is 15.9 Å². The Bertz CT molecular complexity index is 1060. The van der Waals surface area contributed by atoms with E-state index in [9.17, 15) is 18.0 Å². The topological polar surface area (TPSA) is 104 Å². The molecule has 1 aliphatic rings. The van der Waals surface area contributed by atoms with Crippen molar-refractivity contribution in [2.45, 2.75) is 63.4 Å². The summed E-state index contributed by atoms with van der Waals surface area (Å²) in [6.45, 7) is 5.42. The van der Waals surface area contributed by atoms with Gasteiger partial charge in [-0.1, -0.05) is 18.9 Å². The predicted octanol–water partition coefficient (Wildman–Crippen LogP) is 3.28. The van der Waals surface area contributed by atoms with E-state index in [4.69, 9.17) is 0 Å². The van der Waals surface area contributed by atoms with Crippen LogP contribution in [0.2, 0.25) is 0 Å². The maximum absolute atomic E-state index is 12.6. The molecule has 0 spiro atoms. The molecule has 0 unspecified atom stereocenters. The molecule has 3 rings (SSSR count). The molecule has 0 heterocycles. The summed E-state index contributed by atoms with van der Waals surface area (Å²) in [6.07, 6.45) is 4.19. The predicted molar refractivity (Wildman–Crippen MR) is 120 cm³/mol. The third-order valence-corrected chi connectivity index (χ3v) is 7.01. The van der Waals surface area contributed by atoms with Crippen molar-refractivity contribution in [2.24, 2.45) is 0 Å². The Morgan fingerprint density at radius 2 is 1.61 bits per heavy atom. The number of anilines is 1. The molecule has 7 nitrogen and oxygen atoms in total. The van der Waals surface area contributed by atoms with E-state index in [0.717, 1.165) is 36.8 Å². The molecule has 1 fully saturated rings. The Hall–Kier alpha value is -2.87. The number of nitrogens with one attached hydrogen (secondary N) is 3. The van der Waals surface area contributed by atoms with Gasteiger partial charge in [0.15, 0.2) is 0 Å². The fourth-order valence-electron chi connectivity index (χ4n) is 3.53. The van der Waals surface area contributed by atoms with Gasteiger partial charge in [-0.2, -0.15) is 0 Å². The van der Waals surface area contributed by atoms with Crippen molar-refractivity contribution in [2.75, 3.05) is 4.72 Å². The van der Waals surface area contributed by atoms with Crippen LogP contribution in [0, 0.1) is 13.8 Å². The monoisotopic (exact) mass is 443 g/mol. The van der Waals surface area contributed by atoms with E-state index >= 15 is 0 Å². The molecular weight excluding hydrogens is 414 g/mol. The van der Waals surface area contributed by atoms with Gasteiger partial charge in [-0.15, -0.1) is 0 Å². The lowest BCUT2D eigenvalue weighted by Crippen LogP contribution is -2.47. The second-order valence-electron chi connectivity index (χ2n) is 8.11. The summed E-state index contributed by atoms with van der Waals surface area (Å²) >= 11 is 0. The highest BCUT2D eigenvalue weighted by Crippen LogP contribution is 2.20. The first kappa shape index (κ1) is 22.8. The van der Waals surface area contributed by atoms with Crippen LogP contribution in [0.1, 0.15) is 54.1 Å². The van der Waals surface area contributed by atoms with E-state index in [1.54, 1.807) is 25.1 Å². The maximum atomic E-state index is 12.6. The van der Waals surface area contributed by atoms with Crippen molar-refractivity contribution in [3.05, 3.63) is 59.2 Å². The third-order valence-electron chi connectivity index (χ3n) is 5.63. The molecule has 1 aliphatic carbocycles. The lowest BCUT2D eigenvalue weighted by Gasteiger charge is -2.18. The normalized spacial score (nSPS) is 15.3. The highest BCUT2D eigenvalue weighted by Gasteiger charge is 2.22. The Morgan fingerprint density at radius 1 is 0.968 bits per heavy atom. The van der Waals surface area contributed by atoms with Crippen LogP contribution in [0.15, 0.2) is 47.4 Å². The maximum Gasteiger partial charge on any atom is 0.261 e. The minimum absolute atomic E-state index is 0.180. The van der Waals surface area contributed by atoms with Gasteiger partial charge in [-0.25, -0.2) is 8.42 Å². The van der Waals surface area contributed by atoms with E-state index in [0.29, 0.717) is 11.3 Å². The average Bonchev–Trinajstić information content (AvgIpc) is 3.23. The highest BCUT2D eigenvalue weighted by atomic mass is 32.2. The third kappa shape index (κ3) is 5.85. The summed E-state index contributed by atoms with van der Waals surface area (Å²) in [5.41, 5.74) is 2.60. The minimum atomic E-state index is -3.73. The van der Waals surface area contributed by atoms with Gasteiger partial charge in [0.1, 0.15) is 6.04 Å². The zero-order valence-electron chi connectivity index (χ0n) is 18.1. The lowest BCUT2D eigenvalue weighted by atomic mass is 10.1. The van der Waals surface area contributed by atoms with Crippen LogP contribution < -0.4 is 15.4 Å². The van der Waals surface area contributed by atoms with Crippen molar-refractivity contribution in [3.8, 4) is 0 Å². The molecule has 3 N–H and O–H groups in total. The molecule has 0 bridgehead atoms. The SMILES string of the molecule is Cc1ccc(S(=O)(=O)Nc2ccc(C(=O)N[C@H](C)C(=O)NC3CCCC3)cc2)cc1C. The fourth-order valence-corrected chi connectivity index (χ4v) is 4.67. The van der Waals surface area contributed by atoms with Crippen LogP contribution in [-0.2, 0) is 14.8 Å². The zero-order chi connectivity index (χ0) is 22.6.